The zero-order valence-corrected chi connectivity index (χ0v) is 7.84. The summed E-state index contributed by atoms with van der Waals surface area (Å²) in [5.74, 6) is 7.16. The quantitative estimate of drug-likeness (QED) is 0.533. The van der Waals surface area contributed by atoms with Crippen molar-refractivity contribution in [3.8, 4) is 11.8 Å². The van der Waals surface area contributed by atoms with Gasteiger partial charge < -0.3 is 0 Å². The predicted molar refractivity (Wildman–Crippen MR) is 50.8 cm³/mol. The van der Waals surface area contributed by atoms with E-state index in [9.17, 15) is 0 Å². The fraction of sp³-hybridized carbons (Fsp3) is 0.818. The van der Waals surface area contributed by atoms with Gasteiger partial charge in [0.25, 0.3) is 0 Å². The molecule has 0 radical (unpaired) electrons. The molecular weight excluding hydrogens is 146 g/mol. The molecule has 0 aromatic heterocycles. The molecule has 2 aliphatic rings. The van der Waals surface area contributed by atoms with Crippen molar-refractivity contribution in [2.24, 2.45) is 5.92 Å². The van der Waals surface area contributed by atoms with Crippen LogP contribution in [0.1, 0.15) is 32.6 Å². The highest BCUT2D eigenvalue weighted by Gasteiger charge is 2.34. The van der Waals surface area contributed by atoms with Gasteiger partial charge in [-0.25, -0.2) is 0 Å². The summed E-state index contributed by atoms with van der Waals surface area (Å²) in [4.78, 5) is 2.58. The van der Waals surface area contributed by atoms with Gasteiger partial charge in [0.15, 0.2) is 0 Å². The Balaban J connectivity index is 1.93. The molecule has 2 unspecified atom stereocenters. The lowest BCUT2D eigenvalue weighted by Crippen LogP contribution is -2.29. The SMILES string of the molecule is CC#CCN1CC2CCCC1C2. The van der Waals surface area contributed by atoms with E-state index in [1.54, 1.807) is 0 Å². The van der Waals surface area contributed by atoms with Crippen LogP contribution in [0.25, 0.3) is 0 Å². The van der Waals surface area contributed by atoms with Crippen LogP contribution in [-0.2, 0) is 0 Å². The van der Waals surface area contributed by atoms with E-state index in [4.69, 9.17) is 0 Å². The van der Waals surface area contributed by atoms with Crippen LogP contribution < -0.4 is 0 Å². The van der Waals surface area contributed by atoms with Crippen LogP contribution in [0.3, 0.4) is 0 Å². The summed E-state index contributed by atoms with van der Waals surface area (Å²) >= 11 is 0. The zero-order valence-electron chi connectivity index (χ0n) is 7.84. The Morgan fingerprint density at radius 3 is 3.08 bits per heavy atom. The van der Waals surface area contributed by atoms with Gasteiger partial charge in [-0.1, -0.05) is 12.3 Å². The van der Waals surface area contributed by atoms with Crippen LogP contribution in [0.15, 0.2) is 0 Å². The number of fused-ring (bicyclic) bond motifs is 2. The molecule has 1 nitrogen and oxygen atoms in total. The van der Waals surface area contributed by atoms with Gasteiger partial charge in [-0.15, -0.1) is 5.92 Å². The normalized spacial score (nSPS) is 34.4. The number of likely N-dealkylation sites (tertiary alicyclic amines) is 1. The lowest BCUT2D eigenvalue weighted by atomic mass is 9.90. The predicted octanol–water partition coefficient (Wildman–Crippen LogP) is 1.88. The van der Waals surface area contributed by atoms with Crippen molar-refractivity contribution in [1.29, 1.82) is 0 Å². The van der Waals surface area contributed by atoms with E-state index in [1.165, 1.54) is 32.2 Å². The molecule has 12 heavy (non-hydrogen) atoms. The molecule has 66 valence electrons. The van der Waals surface area contributed by atoms with Gasteiger partial charge in [0.2, 0.25) is 0 Å². The van der Waals surface area contributed by atoms with Crippen molar-refractivity contribution in [3.63, 3.8) is 0 Å². The molecule has 0 spiro atoms. The van der Waals surface area contributed by atoms with E-state index in [1.807, 2.05) is 6.92 Å². The van der Waals surface area contributed by atoms with Crippen LogP contribution in [0.2, 0.25) is 0 Å². The van der Waals surface area contributed by atoms with E-state index in [0.29, 0.717) is 0 Å². The third kappa shape index (κ3) is 1.49. The van der Waals surface area contributed by atoms with Crippen molar-refractivity contribution in [2.45, 2.75) is 38.6 Å². The van der Waals surface area contributed by atoms with Crippen molar-refractivity contribution in [1.82, 2.24) is 4.90 Å². The molecule has 0 N–H and O–H groups in total. The van der Waals surface area contributed by atoms with Gasteiger partial charge in [-0.05, 0) is 32.1 Å². The molecule has 0 amide bonds. The number of rotatable bonds is 1. The minimum Gasteiger partial charge on any atom is -0.289 e. The first-order valence-corrected chi connectivity index (χ1v) is 5.04. The molecule has 2 fully saturated rings. The van der Waals surface area contributed by atoms with Crippen LogP contribution >= 0.6 is 0 Å². The summed E-state index contributed by atoms with van der Waals surface area (Å²) in [7, 11) is 0. The molecule has 2 atom stereocenters. The third-order valence-electron chi connectivity index (χ3n) is 3.22. The second kappa shape index (κ2) is 3.49. The molecule has 1 aliphatic heterocycles. The summed E-state index contributed by atoms with van der Waals surface area (Å²) in [6.07, 6.45) is 5.78. The standard InChI is InChI=1S/C11H17N/c1-2-3-7-12-9-10-5-4-6-11(12)8-10/h10-11H,4-9H2,1H3. The minimum absolute atomic E-state index is 0.879. The van der Waals surface area contributed by atoms with Gasteiger partial charge in [0.1, 0.15) is 0 Å². The first-order valence-electron chi connectivity index (χ1n) is 5.04. The van der Waals surface area contributed by atoms with Crippen LogP contribution in [0.4, 0.5) is 0 Å². The van der Waals surface area contributed by atoms with Crippen molar-refractivity contribution >= 4 is 0 Å². The largest absolute Gasteiger partial charge is 0.289 e. The second-order valence-corrected chi connectivity index (χ2v) is 4.04. The first kappa shape index (κ1) is 8.13. The molecule has 1 aliphatic carbocycles. The Morgan fingerprint density at radius 2 is 2.33 bits per heavy atom. The Labute approximate surface area is 75.1 Å². The third-order valence-corrected chi connectivity index (χ3v) is 3.22. The van der Waals surface area contributed by atoms with Gasteiger partial charge >= 0.3 is 0 Å². The summed E-state index contributed by atoms with van der Waals surface area (Å²) in [5.41, 5.74) is 0. The van der Waals surface area contributed by atoms with E-state index < -0.39 is 0 Å². The summed E-state index contributed by atoms with van der Waals surface area (Å²) in [5, 5.41) is 0. The fourth-order valence-corrected chi connectivity index (χ4v) is 2.62. The maximum Gasteiger partial charge on any atom is 0.0603 e. The fourth-order valence-electron chi connectivity index (χ4n) is 2.62. The lowest BCUT2D eigenvalue weighted by Gasteiger charge is -2.22. The Bertz CT molecular complexity index is 211. The van der Waals surface area contributed by atoms with Crippen molar-refractivity contribution in [2.75, 3.05) is 13.1 Å². The van der Waals surface area contributed by atoms with Gasteiger partial charge in [-0.2, -0.15) is 0 Å². The zero-order chi connectivity index (χ0) is 8.39. The van der Waals surface area contributed by atoms with Gasteiger partial charge in [0, 0.05) is 12.6 Å². The molecule has 1 saturated heterocycles. The van der Waals surface area contributed by atoms with Crippen molar-refractivity contribution < 1.29 is 0 Å². The molecule has 1 heterocycles. The van der Waals surface area contributed by atoms with Gasteiger partial charge in [0.05, 0.1) is 6.54 Å². The Hall–Kier alpha value is -0.480. The highest BCUT2D eigenvalue weighted by atomic mass is 15.2. The molecular formula is C11H17N. The Kier molecular flexibility index (Phi) is 2.37. The molecule has 1 saturated carbocycles. The number of hydrogen-bond donors (Lipinski definition) is 0. The van der Waals surface area contributed by atoms with Crippen molar-refractivity contribution in [3.05, 3.63) is 0 Å². The van der Waals surface area contributed by atoms with Crippen LogP contribution in [0, 0.1) is 17.8 Å². The number of nitrogens with zero attached hydrogens (tertiary/aromatic N) is 1. The smallest absolute Gasteiger partial charge is 0.0603 e. The van der Waals surface area contributed by atoms with Gasteiger partial charge in [-0.3, -0.25) is 4.90 Å². The average Bonchev–Trinajstić information content (AvgIpc) is 2.38. The molecule has 0 aromatic carbocycles. The summed E-state index contributed by atoms with van der Waals surface area (Å²) < 4.78 is 0. The Morgan fingerprint density at radius 1 is 1.42 bits per heavy atom. The van der Waals surface area contributed by atoms with E-state index in [2.05, 4.69) is 16.7 Å². The number of hydrogen-bond acceptors (Lipinski definition) is 1. The summed E-state index contributed by atoms with van der Waals surface area (Å²) in [6, 6.07) is 0.879. The summed E-state index contributed by atoms with van der Waals surface area (Å²) in [6.45, 7) is 4.26. The second-order valence-electron chi connectivity index (χ2n) is 4.04. The highest BCUT2D eigenvalue weighted by Crippen LogP contribution is 2.34. The topological polar surface area (TPSA) is 3.24 Å². The molecule has 0 aromatic rings. The molecule has 1 heteroatoms. The maximum atomic E-state index is 3.18. The van der Waals surface area contributed by atoms with E-state index in [-0.39, 0.29) is 0 Å². The van der Waals surface area contributed by atoms with Crippen LogP contribution in [0.5, 0.6) is 0 Å². The average molecular weight is 163 g/mol. The first-order chi connectivity index (χ1) is 5.90. The highest BCUT2D eigenvalue weighted by molar-refractivity contribution is 5.01. The molecule has 2 bridgehead atoms. The van der Waals surface area contributed by atoms with E-state index in [0.717, 1.165) is 18.5 Å². The molecule has 2 rings (SSSR count). The lowest BCUT2D eigenvalue weighted by molar-refractivity contribution is 0.273. The van der Waals surface area contributed by atoms with E-state index >= 15 is 0 Å². The monoisotopic (exact) mass is 163 g/mol. The minimum atomic E-state index is 0.879. The maximum absolute atomic E-state index is 3.18. The van der Waals surface area contributed by atoms with Crippen LogP contribution in [-0.4, -0.2) is 24.0 Å².